The van der Waals surface area contributed by atoms with Crippen LogP contribution in [0.25, 0.3) is 0 Å². The quantitative estimate of drug-likeness (QED) is 0.852. The zero-order chi connectivity index (χ0) is 17.8. The summed E-state index contributed by atoms with van der Waals surface area (Å²) in [5, 5.41) is 2.94. The van der Waals surface area contributed by atoms with Crippen LogP contribution >= 0.6 is 0 Å². The van der Waals surface area contributed by atoms with Crippen LogP contribution in [0.1, 0.15) is 23.4 Å². The van der Waals surface area contributed by atoms with Crippen LogP contribution in [-0.2, 0) is 22.7 Å². The third kappa shape index (κ3) is 4.04. The van der Waals surface area contributed by atoms with E-state index in [1.165, 1.54) is 0 Å². The first kappa shape index (κ1) is 17.1. The van der Waals surface area contributed by atoms with Gasteiger partial charge in [-0.25, -0.2) is 4.98 Å². The van der Waals surface area contributed by atoms with E-state index in [0.29, 0.717) is 26.2 Å². The van der Waals surface area contributed by atoms with Crippen molar-refractivity contribution in [2.45, 2.75) is 33.4 Å². The molecule has 1 aliphatic heterocycles. The Morgan fingerprint density at radius 1 is 1.32 bits per heavy atom. The van der Waals surface area contributed by atoms with Crippen molar-refractivity contribution in [2.24, 2.45) is 5.92 Å². The van der Waals surface area contributed by atoms with Crippen LogP contribution in [0.3, 0.4) is 0 Å². The fourth-order valence-corrected chi connectivity index (χ4v) is 3.02. The Morgan fingerprint density at radius 3 is 2.76 bits per heavy atom. The number of hydrogen-bond acceptors (Lipinski definition) is 4. The van der Waals surface area contributed by atoms with Crippen molar-refractivity contribution in [3.8, 4) is 0 Å². The van der Waals surface area contributed by atoms with Gasteiger partial charge in [0, 0.05) is 50.7 Å². The van der Waals surface area contributed by atoms with Gasteiger partial charge in [0.05, 0.1) is 17.9 Å². The molecule has 3 heterocycles. The highest BCUT2D eigenvalue weighted by atomic mass is 16.2. The van der Waals surface area contributed by atoms with Gasteiger partial charge in [0.1, 0.15) is 0 Å². The number of carbonyl (C=O) groups excluding carboxylic acids is 2. The predicted molar refractivity (Wildman–Crippen MR) is 92.5 cm³/mol. The maximum Gasteiger partial charge on any atom is 0.225 e. The van der Waals surface area contributed by atoms with Crippen LogP contribution < -0.4 is 5.32 Å². The fraction of sp³-hybridized carbons (Fsp3) is 0.444. The molecule has 0 radical (unpaired) electrons. The van der Waals surface area contributed by atoms with E-state index in [1.54, 1.807) is 23.6 Å². The van der Waals surface area contributed by atoms with E-state index in [2.05, 4.69) is 15.3 Å². The summed E-state index contributed by atoms with van der Waals surface area (Å²) in [6.45, 7) is 6.18. The summed E-state index contributed by atoms with van der Waals surface area (Å²) in [5.74, 6) is -0.307. The van der Waals surface area contributed by atoms with Crippen molar-refractivity contribution >= 4 is 11.8 Å². The third-order valence-electron chi connectivity index (χ3n) is 4.71. The number of aromatic nitrogens is 3. The Labute approximate surface area is 147 Å². The van der Waals surface area contributed by atoms with E-state index in [4.69, 9.17) is 0 Å². The van der Waals surface area contributed by atoms with Crippen molar-refractivity contribution < 1.29 is 9.59 Å². The summed E-state index contributed by atoms with van der Waals surface area (Å²) < 4.78 is 2.02. The first-order valence-corrected chi connectivity index (χ1v) is 8.47. The lowest BCUT2D eigenvalue weighted by molar-refractivity contribution is -0.129. The van der Waals surface area contributed by atoms with Gasteiger partial charge in [0.25, 0.3) is 0 Å². The SMILES string of the molecule is Cc1ncn(CCNC(=O)C2CC(=O)N(Cc3ccncc3)C2)c1C. The van der Waals surface area contributed by atoms with Gasteiger partial charge >= 0.3 is 0 Å². The molecule has 1 aliphatic rings. The molecule has 3 rings (SSSR count). The van der Waals surface area contributed by atoms with Gasteiger partial charge in [-0.05, 0) is 31.5 Å². The molecule has 1 fully saturated rings. The minimum absolute atomic E-state index is 0.0260. The summed E-state index contributed by atoms with van der Waals surface area (Å²) in [7, 11) is 0. The normalized spacial score (nSPS) is 17.1. The second-order valence-electron chi connectivity index (χ2n) is 6.43. The summed E-state index contributed by atoms with van der Waals surface area (Å²) in [6.07, 6.45) is 5.48. The molecule has 0 saturated carbocycles. The Hall–Kier alpha value is -2.70. The van der Waals surface area contributed by atoms with Gasteiger partial charge in [-0.15, -0.1) is 0 Å². The standard InChI is InChI=1S/C18H23N5O2/c1-13-14(2)22(12-21-13)8-7-20-18(25)16-9-17(24)23(11-16)10-15-3-5-19-6-4-15/h3-6,12,16H,7-11H2,1-2H3,(H,20,25). The third-order valence-corrected chi connectivity index (χ3v) is 4.71. The summed E-state index contributed by atoms with van der Waals surface area (Å²) in [5.41, 5.74) is 3.13. The predicted octanol–water partition coefficient (Wildman–Crippen LogP) is 1.06. The van der Waals surface area contributed by atoms with Gasteiger partial charge in [-0.3, -0.25) is 14.6 Å². The number of carbonyl (C=O) groups is 2. The Morgan fingerprint density at radius 2 is 2.08 bits per heavy atom. The average Bonchev–Trinajstić information content (AvgIpc) is 3.13. The Kier molecular flexibility index (Phi) is 5.11. The zero-order valence-electron chi connectivity index (χ0n) is 14.6. The average molecular weight is 341 g/mol. The number of hydrogen-bond donors (Lipinski definition) is 1. The molecule has 25 heavy (non-hydrogen) atoms. The molecule has 1 saturated heterocycles. The minimum atomic E-state index is -0.278. The zero-order valence-corrected chi connectivity index (χ0v) is 14.6. The van der Waals surface area contributed by atoms with E-state index in [9.17, 15) is 9.59 Å². The molecule has 1 atom stereocenters. The number of likely N-dealkylation sites (tertiary alicyclic amines) is 1. The Bertz CT molecular complexity index is 756. The number of nitrogens with zero attached hydrogens (tertiary/aromatic N) is 4. The van der Waals surface area contributed by atoms with Gasteiger partial charge in [-0.2, -0.15) is 0 Å². The lowest BCUT2D eigenvalue weighted by Crippen LogP contribution is -2.34. The first-order valence-electron chi connectivity index (χ1n) is 8.47. The number of rotatable bonds is 6. The van der Waals surface area contributed by atoms with Crippen LogP contribution in [0.4, 0.5) is 0 Å². The molecule has 0 spiro atoms. The highest BCUT2D eigenvalue weighted by Crippen LogP contribution is 2.20. The monoisotopic (exact) mass is 341 g/mol. The van der Waals surface area contributed by atoms with Crippen LogP contribution in [-0.4, -0.2) is 44.3 Å². The molecule has 1 unspecified atom stereocenters. The molecule has 7 heteroatoms. The molecule has 132 valence electrons. The number of pyridine rings is 1. The summed E-state index contributed by atoms with van der Waals surface area (Å²) >= 11 is 0. The first-order chi connectivity index (χ1) is 12.0. The van der Waals surface area contributed by atoms with Crippen LogP contribution in [0.15, 0.2) is 30.9 Å². The molecular formula is C18H23N5O2. The second-order valence-corrected chi connectivity index (χ2v) is 6.43. The Balaban J connectivity index is 1.48. The minimum Gasteiger partial charge on any atom is -0.354 e. The maximum absolute atomic E-state index is 12.3. The molecule has 2 aromatic rings. The van der Waals surface area contributed by atoms with E-state index < -0.39 is 0 Å². The smallest absolute Gasteiger partial charge is 0.225 e. The molecule has 2 amide bonds. The van der Waals surface area contributed by atoms with Crippen molar-refractivity contribution in [3.05, 3.63) is 47.8 Å². The van der Waals surface area contributed by atoms with E-state index in [1.807, 2.05) is 30.5 Å². The lowest BCUT2D eigenvalue weighted by atomic mass is 10.1. The van der Waals surface area contributed by atoms with Gasteiger partial charge < -0.3 is 14.8 Å². The maximum atomic E-state index is 12.3. The molecule has 2 aromatic heterocycles. The molecule has 0 aliphatic carbocycles. The fourth-order valence-electron chi connectivity index (χ4n) is 3.02. The van der Waals surface area contributed by atoms with Crippen LogP contribution in [0.5, 0.6) is 0 Å². The highest BCUT2D eigenvalue weighted by molar-refractivity contribution is 5.89. The largest absolute Gasteiger partial charge is 0.354 e. The van der Waals surface area contributed by atoms with E-state index in [-0.39, 0.29) is 24.2 Å². The van der Waals surface area contributed by atoms with Crippen molar-refractivity contribution in [3.63, 3.8) is 0 Å². The lowest BCUT2D eigenvalue weighted by Gasteiger charge is -2.16. The van der Waals surface area contributed by atoms with Gasteiger partial charge in [-0.1, -0.05) is 0 Å². The summed E-state index contributed by atoms with van der Waals surface area (Å²) in [4.78, 5) is 34.5. The molecule has 0 aromatic carbocycles. The van der Waals surface area contributed by atoms with Crippen molar-refractivity contribution in [1.82, 2.24) is 24.8 Å². The number of amides is 2. The second kappa shape index (κ2) is 7.46. The molecule has 1 N–H and O–H groups in total. The number of imidazole rings is 1. The van der Waals surface area contributed by atoms with Crippen molar-refractivity contribution in [1.29, 1.82) is 0 Å². The highest BCUT2D eigenvalue weighted by Gasteiger charge is 2.33. The number of aryl methyl sites for hydroxylation is 1. The topological polar surface area (TPSA) is 80.1 Å². The summed E-state index contributed by atoms with van der Waals surface area (Å²) in [6, 6.07) is 3.77. The molecule has 0 bridgehead atoms. The van der Waals surface area contributed by atoms with Gasteiger partial charge in [0.15, 0.2) is 0 Å². The van der Waals surface area contributed by atoms with Gasteiger partial charge in [0.2, 0.25) is 11.8 Å². The van der Waals surface area contributed by atoms with Crippen molar-refractivity contribution in [2.75, 3.05) is 13.1 Å². The molecular weight excluding hydrogens is 318 g/mol. The van der Waals surface area contributed by atoms with Crippen LogP contribution in [0, 0.1) is 19.8 Å². The van der Waals surface area contributed by atoms with E-state index >= 15 is 0 Å². The number of nitrogens with one attached hydrogen (secondary N) is 1. The van der Waals surface area contributed by atoms with Crippen LogP contribution in [0.2, 0.25) is 0 Å². The molecule has 7 nitrogen and oxygen atoms in total. The van der Waals surface area contributed by atoms with E-state index in [0.717, 1.165) is 17.0 Å².